The van der Waals surface area contributed by atoms with E-state index in [4.69, 9.17) is 0 Å². The topological polar surface area (TPSA) is 34.2 Å². The molecule has 1 aromatic carbocycles. The van der Waals surface area contributed by atoms with Crippen molar-refractivity contribution in [2.24, 2.45) is 0 Å². The minimum Gasteiger partial charge on any atom is -0.433 e. The summed E-state index contributed by atoms with van der Waals surface area (Å²) in [5.74, 6) is 0.676. The number of hydrogen-bond donors (Lipinski definition) is 1. The van der Waals surface area contributed by atoms with Crippen LogP contribution in [0.25, 0.3) is 0 Å². The zero-order valence-electron chi connectivity index (χ0n) is 10.0. The van der Waals surface area contributed by atoms with Gasteiger partial charge < -0.3 is 10.1 Å². The van der Waals surface area contributed by atoms with Gasteiger partial charge in [0.25, 0.3) is 0 Å². The average molecular weight is 329 g/mol. The molecule has 2 aromatic rings. The summed E-state index contributed by atoms with van der Waals surface area (Å²) >= 11 is 3.31. The summed E-state index contributed by atoms with van der Waals surface area (Å²) in [4.78, 5) is 4.19. The molecule has 1 aromatic heterocycles. The lowest BCUT2D eigenvalue weighted by molar-refractivity contribution is -0.0493. The Hall–Kier alpha value is -1.69. The molecule has 3 nitrogen and oxygen atoms in total. The van der Waals surface area contributed by atoms with Crippen LogP contribution in [-0.2, 0) is 0 Å². The van der Waals surface area contributed by atoms with E-state index in [1.807, 2.05) is 13.0 Å². The lowest BCUT2D eigenvalue weighted by Crippen LogP contribution is -2.05. The predicted octanol–water partition coefficient (Wildman–Crippen LogP) is 4.50. The molecule has 1 heterocycles. The van der Waals surface area contributed by atoms with Crippen molar-refractivity contribution in [2.45, 2.75) is 13.5 Å². The quantitative estimate of drug-likeness (QED) is 0.897. The van der Waals surface area contributed by atoms with Gasteiger partial charge in [-0.15, -0.1) is 0 Å². The van der Waals surface area contributed by atoms with Gasteiger partial charge in [-0.05, 0) is 46.6 Å². The van der Waals surface area contributed by atoms with Crippen molar-refractivity contribution < 1.29 is 13.5 Å². The van der Waals surface area contributed by atoms with Crippen LogP contribution in [0.4, 0.5) is 20.3 Å². The monoisotopic (exact) mass is 328 g/mol. The molecule has 0 saturated heterocycles. The maximum absolute atomic E-state index is 12.3. The number of nitrogens with one attached hydrogen (secondary N) is 1. The molecule has 6 heteroatoms. The number of ether oxygens (including phenoxy) is 1. The lowest BCUT2D eigenvalue weighted by Gasteiger charge is -2.13. The van der Waals surface area contributed by atoms with Gasteiger partial charge in [-0.3, -0.25) is 0 Å². The fourth-order valence-corrected chi connectivity index (χ4v) is 2.01. The van der Waals surface area contributed by atoms with Crippen molar-refractivity contribution in [1.82, 2.24) is 4.98 Å². The Kier molecular flexibility index (Phi) is 4.31. The van der Waals surface area contributed by atoms with Crippen LogP contribution in [-0.4, -0.2) is 11.6 Å². The standard InChI is InChI=1S/C13H11BrF2N2O/c1-8-6-9(14)7-17-12(8)18-10-4-2-3-5-11(10)19-13(15)16/h2-7,13H,1H3,(H,17,18). The normalized spacial score (nSPS) is 10.6. The minimum atomic E-state index is -2.86. The van der Waals surface area contributed by atoms with E-state index in [1.165, 1.54) is 6.07 Å². The molecule has 0 fully saturated rings. The Labute approximate surface area is 117 Å². The molecule has 2 rings (SSSR count). The van der Waals surface area contributed by atoms with Crippen LogP contribution in [0.15, 0.2) is 41.0 Å². The maximum Gasteiger partial charge on any atom is 0.387 e. The predicted molar refractivity (Wildman–Crippen MR) is 73.0 cm³/mol. The van der Waals surface area contributed by atoms with Crippen molar-refractivity contribution in [3.8, 4) is 5.75 Å². The largest absolute Gasteiger partial charge is 0.433 e. The number of aromatic nitrogens is 1. The van der Waals surface area contributed by atoms with Crippen LogP contribution < -0.4 is 10.1 Å². The van der Waals surface area contributed by atoms with Gasteiger partial charge in [-0.2, -0.15) is 8.78 Å². The van der Waals surface area contributed by atoms with Crippen molar-refractivity contribution in [3.05, 3.63) is 46.6 Å². The van der Waals surface area contributed by atoms with Gasteiger partial charge in [0.05, 0.1) is 5.69 Å². The van der Waals surface area contributed by atoms with E-state index >= 15 is 0 Å². The SMILES string of the molecule is Cc1cc(Br)cnc1Nc1ccccc1OC(F)F. The van der Waals surface area contributed by atoms with Gasteiger partial charge in [0.15, 0.2) is 0 Å². The zero-order valence-corrected chi connectivity index (χ0v) is 11.6. The highest BCUT2D eigenvalue weighted by atomic mass is 79.9. The van der Waals surface area contributed by atoms with E-state index in [2.05, 4.69) is 31.0 Å². The number of anilines is 2. The summed E-state index contributed by atoms with van der Waals surface area (Å²) in [6.45, 7) is -0.988. The third-order valence-corrected chi connectivity index (χ3v) is 2.83. The Morgan fingerprint density at radius 3 is 2.74 bits per heavy atom. The molecular weight excluding hydrogens is 318 g/mol. The average Bonchev–Trinajstić information content (AvgIpc) is 2.34. The van der Waals surface area contributed by atoms with Crippen LogP contribution in [0.5, 0.6) is 5.75 Å². The molecule has 0 unspecified atom stereocenters. The lowest BCUT2D eigenvalue weighted by atomic mass is 10.2. The second kappa shape index (κ2) is 5.97. The van der Waals surface area contributed by atoms with Gasteiger partial charge in [0.1, 0.15) is 11.6 Å². The van der Waals surface area contributed by atoms with Crippen molar-refractivity contribution in [1.29, 1.82) is 0 Å². The molecule has 100 valence electrons. The third kappa shape index (κ3) is 3.64. The van der Waals surface area contributed by atoms with Crippen LogP contribution in [0.2, 0.25) is 0 Å². The van der Waals surface area contributed by atoms with E-state index in [9.17, 15) is 8.78 Å². The van der Waals surface area contributed by atoms with Gasteiger partial charge in [-0.25, -0.2) is 4.98 Å². The second-order valence-corrected chi connectivity index (χ2v) is 4.73. The molecule has 19 heavy (non-hydrogen) atoms. The van der Waals surface area contributed by atoms with Gasteiger partial charge in [0.2, 0.25) is 0 Å². The first-order valence-corrected chi connectivity index (χ1v) is 6.28. The van der Waals surface area contributed by atoms with Crippen LogP contribution in [0.1, 0.15) is 5.56 Å². The highest BCUT2D eigenvalue weighted by Gasteiger charge is 2.10. The Morgan fingerprint density at radius 2 is 2.05 bits per heavy atom. The maximum atomic E-state index is 12.3. The first-order chi connectivity index (χ1) is 9.06. The number of pyridine rings is 1. The first kappa shape index (κ1) is 13.7. The van der Waals surface area contributed by atoms with Crippen LogP contribution >= 0.6 is 15.9 Å². The van der Waals surface area contributed by atoms with Crippen LogP contribution in [0.3, 0.4) is 0 Å². The molecule has 0 aliphatic carbocycles. The van der Waals surface area contributed by atoms with Crippen LogP contribution in [0, 0.1) is 6.92 Å². The molecule has 0 atom stereocenters. The molecule has 0 spiro atoms. The number of para-hydroxylation sites is 2. The number of nitrogens with zero attached hydrogens (tertiary/aromatic N) is 1. The fraction of sp³-hybridized carbons (Fsp3) is 0.154. The molecule has 0 aliphatic rings. The van der Waals surface area contributed by atoms with Crippen molar-refractivity contribution in [3.63, 3.8) is 0 Å². The molecule has 0 aliphatic heterocycles. The summed E-state index contributed by atoms with van der Waals surface area (Å²) in [5, 5.41) is 2.98. The smallest absolute Gasteiger partial charge is 0.387 e. The number of aryl methyl sites for hydroxylation is 1. The highest BCUT2D eigenvalue weighted by Crippen LogP contribution is 2.29. The summed E-state index contributed by atoms with van der Waals surface area (Å²) in [7, 11) is 0. The number of benzene rings is 1. The number of hydrogen-bond acceptors (Lipinski definition) is 3. The summed E-state index contributed by atoms with van der Waals surface area (Å²) in [6, 6.07) is 8.37. The Morgan fingerprint density at radius 1 is 1.32 bits per heavy atom. The van der Waals surface area contributed by atoms with E-state index in [-0.39, 0.29) is 5.75 Å². The summed E-state index contributed by atoms with van der Waals surface area (Å²) in [5.41, 5.74) is 1.34. The molecule has 0 bridgehead atoms. The molecular formula is C13H11BrF2N2O. The van der Waals surface area contributed by atoms with E-state index in [1.54, 1.807) is 24.4 Å². The molecule has 1 N–H and O–H groups in total. The highest BCUT2D eigenvalue weighted by molar-refractivity contribution is 9.10. The van der Waals surface area contributed by atoms with Crippen molar-refractivity contribution >= 4 is 27.4 Å². The third-order valence-electron chi connectivity index (χ3n) is 2.40. The minimum absolute atomic E-state index is 0.0848. The number of alkyl halides is 2. The fourth-order valence-electron chi connectivity index (χ4n) is 1.57. The van der Waals surface area contributed by atoms with Crippen molar-refractivity contribution in [2.75, 3.05) is 5.32 Å². The summed E-state index contributed by atoms with van der Waals surface area (Å²) < 4.78 is 29.9. The van der Waals surface area contributed by atoms with E-state index in [0.717, 1.165) is 10.0 Å². The zero-order chi connectivity index (χ0) is 13.8. The Balaban J connectivity index is 2.27. The molecule has 0 radical (unpaired) electrons. The summed E-state index contributed by atoms with van der Waals surface area (Å²) in [6.07, 6.45) is 1.63. The van der Waals surface area contributed by atoms with E-state index < -0.39 is 6.61 Å². The number of rotatable bonds is 4. The molecule has 0 amide bonds. The van der Waals surface area contributed by atoms with Gasteiger partial charge in [0, 0.05) is 10.7 Å². The second-order valence-electron chi connectivity index (χ2n) is 3.82. The number of halogens is 3. The van der Waals surface area contributed by atoms with Gasteiger partial charge >= 0.3 is 6.61 Å². The van der Waals surface area contributed by atoms with Gasteiger partial charge in [-0.1, -0.05) is 12.1 Å². The van der Waals surface area contributed by atoms with E-state index in [0.29, 0.717) is 11.5 Å². The molecule has 0 saturated carbocycles. The Bertz CT molecular complexity index is 578. The first-order valence-electron chi connectivity index (χ1n) is 5.49.